The van der Waals surface area contributed by atoms with E-state index in [0.29, 0.717) is 49.9 Å². The number of rotatable bonds is 3. The van der Waals surface area contributed by atoms with Crippen molar-refractivity contribution in [3.8, 4) is 46.0 Å². The third-order valence-electron chi connectivity index (χ3n) is 10.3. The van der Waals surface area contributed by atoms with Gasteiger partial charge in [-0.05, 0) is 83.6 Å². The van der Waals surface area contributed by atoms with Gasteiger partial charge in [-0.15, -0.1) is 0 Å². The molecule has 340 valence electrons. The molecule has 18 heteroatoms. The summed E-state index contributed by atoms with van der Waals surface area (Å²) < 4.78 is 12.3. The van der Waals surface area contributed by atoms with Crippen LogP contribution in [0.1, 0.15) is 53.3 Å². The van der Waals surface area contributed by atoms with Gasteiger partial charge in [-0.25, -0.2) is 9.59 Å². The Morgan fingerprint density at radius 2 is 1.07 bits per heavy atom. The summed E-state index contributed by atoms with van der Waals surface area (Å²) in [6, 6.07) is 36.2. The predicted molar refractivity (Wildman–Crippen MR) is 239 cm³/mol. The van der Waals surface area contributed by atoms with E-state index in [-0.39, 0.29) is 67.8 Å². The van der Waals surface area contributed by atoms with Crippen molar-refractivity contribution in [3.05, 3.63) is 189 Å². The van der Waals surface area contributed by atoms with E-state index < -0.39 is 29.1 Å². The molecule has 0 saturated heterocycles. The van der Waals surface area contributed by atoms with Gasteiger partial charge in [0.2, 0.25) is 0 Å². The number of aromatic hydroxyl groups is 6. The Kier molecular flexibility index (Phi) is 14.4. The van der Waals surface area contributed by atoms with Crippen molar-refractivity contribution in [1.29, 1.82) is 0 Å². The molecule has 0 bridgehead atoms. The topological polar surface area (TPSA) is 280 Å². The van der Waals surface area contributed by atoms with Crippen LogP contribution in [0.15, 0.2) is 140 Å². The molecule has 2 aliphatic rings. The normalized spacial score (nSPS) is 13.2. The molecule has 0 fully saturated rings. The van der Waals surface area contributed by atoms with Crippen molar-refractivity contribution in [2.75, 3.05) is 0 Å². The lowest BCUT2D eigenvalue weighted by Gasteiger charge is -2.37. The lowest BCUT2D eigenvalue weighted by molar-refractivity contribution is -0.193. The molecule has 68 heavy (non-hydrogen) atoms. The van der Waals surface area contributed by atoms with Crippen molar-refractivity contribution in [1.82, 2.24) is 0 Å². The monoisotopic (exact) mass is 956 g/mol. The molecular formula is C50H30Cl2O16. The number of esters is 1. The Morgan fingerprint density at radius 3 is 1.72 bits per heavy atom. The summed E-state index contributed by atoms with van der Waals surface area (Å²) in [4.78, 5) is 68.6. The van der Waals surface area contributed by atoms with E-state index in [2.05, 4.69) is 0 Å². The highest BCUT2D eigenvalue weighted by Gasteiger charge is 2.53. The van der Waals surface area contributed by atoms with Gasteiger partial charge in [-0.3, -0.25) is 4.79 Å². The number of hydrogen-bond donors (Lipinski definition) is 7. The van der Waals surface area contributed by atoms with Crippen LogP contribution < -0.4 is 4.74 Å². The Morgan fingerprint density at radius 1 is 0.515 bits per heavy atom. The number of carboxylic acids is 1. The molecule has 0 radical (unpaired) electrons. The zero-order valence-corrected chi connectivity index (χ0v) is 35.9. The van der Waals surface area contributed by atoms with Crippen LogP contribution in [0.2, 0.25) is 10.0 Å². The number of phenolic OH excluding ortho intramolecular Hbond substituents is 6. The Labute approximate surface area is 392 Å². The zero-order valence-electron chi connectivity index (χ0n) is 34.3. The van der Waals surface area contributed by atoms with Gasteiger partial charge in [-0.1, -0.05) is 77.8 Å². The van der Waals surface area contributed by atoms with Gasteiger partial charge < -0.3 is 45.2 Å². The van der Waals surface area contributed by atoms with Crippen molar-refractivity contribution >= 4 is 74.8 Å². The number of ketones is 1. The largest absolute Gasteiger partial charge is 0.508 e. The van der Waals surface area contributed by atoms with E-state index in [1.165, 1.54) is 48.5 Å². The maximum atomic E-state index is 12.8. The average molecular weight is 958 g/mol. The standard InChI is InChI=1S/C24H13ClO5.C14H10O5.C10H7ClO2.2CO2/c25-19-11-15-12(9-20(19)27)5-7-18-22(15)29-21-10-13(26)6-8-17(21)24(18)16-4-2-1-3-14(16)23(28)30-24;15-8-5-6-11(12(16)7-8)13(17)9-3-1-2-4-10(9)14(18)19;11-8-5-7-6(4-10(8)13)2-1-3-9(7)12;2*2-1-3/h1-11,26-27H;1-7,15-16H,(H,18,19);1-5,12-13H;;. The van der Waals surface area contributed by atoms with Crippen LogP contribution >= 0.6 is 23.2 Å². The predicted octanol–water partition coefficient (Wildman–Crippen LogP) is 9.24. The van der Waals surface area contributed by atoms with E-state index >= 15 is 0 Å². The first kappa shape index (κ1) is 48.3. The highest BCUT2D eigenvalue weighted by atomic mass is 35.5. The first-order chi connectivity index (χ1) is 32.5. The molecule has 16 nitrogen and oxygen atoms in total. The fourth-order valence-corrected chi connectivity index (χ4v) is 7.77. The summed E-state index contributed by atoms with van der Waals surface area (Å²) in [5.41, 5.74) is 1.01. The van der Waals surface area contributed by atoms with Gasteiger partial charge in [-0.2, -0.15) is 19.2 Å². The minimum atomic E-state index is -1.22. The van der Waals surface area contributed by atoms with Gasteiger partial charge in [0.15, 0.2) is 11.4 Å². The molecule has 2 heterocycles. The molecule has 1 atom stereocenters. The summed E-state index contributed by atoms with van der Waals surface area (Å²) in [6.45, 7) is 0. The number of hydrogen-bond acceptors (Lipinski definition) is 15. The van der Waals surface area contributed by atoms with Crippen LogP contribution in [0.3, 0.4) is 0 Å². The fourth-order valence-electron chi connectivity index (χ4n) is 7.45. The number of halogens is 2. The molecule has 0 aliphatic carbocycles. The molecule has 0 amide bonds. The van der Waals surface area contributed by atoms with Crippen LogP contribution in [0.5, 0.6) is 46.0 Å². The Balaban J connectivity index is 0.000000172. The molecule has 1 unspecified atom stereocenters. The second kappa shape index (κ2) is 20.3. The van der Waals surface area contributed by atoms with Gasteiger partial charge in [0.05, 0.1) is 26.7 Å². The lowest BCUT2D eigenvalue weighted by atomic mass is 9.77. The molecular weight excluding hydrogens is 927 g/mol. The van der Waals surface area contributed by atoms with Crippen molar-refractivity contribution < 1.29 is 78.8 Å². The van der Waals surface area contributed by atoms with E-state index in [0.717, 1.165) is 11.5 Å². The van der Waals surface area contributed by atoms with Crippen molar-refractivity contribution in [2.24, 2.45) is 0 Å². The number of ether oxygens (including phenoxy) is 2. The summed E-state index contributed by atoms with van der Waals surface area (Å²) in [5, 5.41) is 69.8. The number of phenols is 6. The molecule has 0 saturated carbocycles. The number of aromatic carboxylic acids is 1. The first-order valence-corrected chi connectivity index (χ1v) is 20.0. The number of carboxylic acid groups (broad SMARTS) is 1. The minimum absolute atomic E-state index is 0.0176. The van der Waals surface area contributed by atoms with Crippen LogP contribution in [0.4, 0.5) is 0 Å². The third kappa shape index (κ3) is 9.46. The number of carbonyl (C=O) groups is 3. The third-order valence-corrected chi connectivity index (χ3v) is 10.9. The van der Waals surface area contributed by atoms with Crippen LogP contribution in [0, 0.1) is 0 Å². The molecule has 10 rings (SSSR count). The maximum absolute atomic E-state index is 12.8. The smallest absolute Gasteiger partial charge is 0.373 e. The molecule has 8 aromatic carbocycles. The summed E-state index contributed by atoms with van der Waals surface area (Å²) >= 11 is 11.9. The number of carbonyl (C=O) groups excluding carboxylic acids is 6. The highest BCUT2D eigenvalue weighted by Crippen LogP contribution is 2.58. The molecule has 0 aromatic heterocycles. The van der Waals surface area contributed by atoms with E-state index in [1.54, 1.807) is 60.7 Å². The second-order valence-electron chi connectivity index (χ2n) is 14.2. The van der Waals surface area contributed by atoms with E-state index in [9.17, 15) is 39.9 Å². The Bertz CT molecular complexity index is 3360. The van der Waals surface area contributed by atoms with Gasteiger partial charge in [0.1, 0.15) is 46.0 Å². The zero-order chi connectivity index (χ0) is 49.4. The van der Waals surface area contributed by atoms with Crippen molar-refractivity contribution in [3.63, 3.8) is 0 Å². The van der Waals surface area contributed by atoms with Crippen LogP contribution in [0.25, 0.3) is 21.5 Å². The molecule has 8 aromatic rings. The molecule has 7 N–H and O–H groups in total. The van der Waals surface area contributed by atoms with Crippen LogP contribution in [-0.4, -0.2) is 65.8 Å². The first-order valence-electron chi connectivity index (χ1n) is 19.3. The van der Waals surface area contributed by atoms with Gasteiger partial charge in [0, 0.05) is 45.2 Å². The molecule has 1 spiro atoms. The number of fused-ring (bicyclic) bond motifs is 9. The minimum Gasteiger partial charge on any atom is -0.508 e. The van der Waals surface area contributed by atoms with Gasteiger partial charge >= 0.3 is 24.2 Å². The highest BCUT2D eigenvalue weighted by molar-refractivity contribution is 6.33. The van der Waals surface area contributed by atoms with E-state index in [1.807, 2.05) is 24.3 Å². The summed E-state index contributed by atoms with van der Waals surface area (Å²) in [6.07, 6.45) is 0.500. The fraction of sp³-hybridized carbons (Fsp3) is 0.0200. The SMILES string of the molecule is O=C(O)c1ccccc1C(=O)c1ccc(O)cc1O.O=C1OC2(c3ccc(O)cc3Oc3c2ccc2cc(O)c(Cl)cc32)c2ccccc21.O=C=O.O=C=O.Oc1cc2cccc(O)c2cc1Cl. The van der Waals surface area contributed by atoms with E-state index in [4.69, 9.17) is 62.1 Å². The van der Waals surface area contributed by atoms with Gasteiger partial charge in [0.25, 0.3) is 0 Å². The second-order valence-corrected chi connectivity index (χ2v) is 15.0. The lowest BCUT2D eigenvalue weighted by Crippen LogP contribution is -2.33. The quantitative estimate of drug-likeness (QED) is 0.0642. The summed E-state index contributed by atoms with van der Waals surface area (Å²) in [7, 11) is 0. The Hall–Kier alpha value is -9.17. The maximum Gasteiger partial charge on any atom is 0.373 e. The molecule has 2 aliphatic heterocycles. The number of benzene rings is 8. The average Bonchev–Trinajstić information content (AvgIpc) is 3.60. The summed E-state index contributed by atoms with van der Waals surface area (Å²) in [5.74, 6) is -1.82. The van der Waals surface area contributed by atoms with Crippen molar-refractivity contribution in [2.45, 2.75) is 5.60 Å². The van der Waals surface area contributed by atoms with Crippen LogP contribution in [-0.2, 0) is 29.5 Å².